The molecule has 3 nitrogen and oxygen atoms in total. The van der Waals surface area contributed by atoms with Gasteiger partial charge >= 0.3 is 5.97 Å². The fraction of sp³-hybridized carbons (Fsp3) is 0.375. The van der Waals surface area contributed by atoms with Gasteiger partial charge in [-0.1, -0.05) is 0 Å². The first-order chi connectivity index (χ1) is 6.25. The van der Waals surface area contributed by atoms with Crippen LogP contribution < -0.4 is 0 Å². The zero-order valence-electron chi connectivity index (χ0n) is 6.66. The zero-order chi connectivity index (χ0) is 9.26. The van der Waals surface area contributed by atoms with Gasteiger partial charge in [-0.15, -0.1) is 11.3 Å². The van der Waals surface area contributed by atoms with E-state index in [0.717, 1.165) is 23.8 Å². The van der Waals surface area contributed by atoms with Crippen molar-refractivity contribution in [1.29, 1.82) is 0 Å². The van der Waals surface area contributed by atoms with Crippen LogP contribution in [0.2, 0.25) is 0 Å². The largest absolute Gasteiger partial charge is 0.431 e. The quantitative estimate of drug-likeness (QED) is 0.686. The number of hydrogen-bond acceptors (Lipinski definition) is 4. The van der Waals surface area contributed by atoms with Crippen LogP contribution in [0.3, 0.4) is 0 Å². The SMILES string of the molecule is O=C(OC1CCO1)c1cc(F)cs1. The first-order valence-electron chi connectivity index (χ1n) is 3.82. The average Bonchev–Trinajstić information content (AvgIpc) is 2.44. The van der Waals surface area contributed by atoms with E-state index in [4.69, 9.17) is 9.47 Å². The number of hydrogen-bond donors (Lipinski definition) is 0. The smallest absolute Gasteiger partial charge is 0.350 e. The molecular weight excluding hydrogens is 195 g/mol. The Balaban J connectivity index is 1.96. The van der Waals surface area contributed by atoms with E-state index in [2.05, 4.69) is 0 Å². The summed E-state index contributed by atoms with van der Waals surface area (Å²) in [6.45, 7) is 0.622. The number of carbonyl (C=O) groups is 1. The van der Waals surface area contributed by atoms with Crippen LogP contribution in [-0.4, -0.2) is 18.9 Å². The third kappa shape index (κ3) is 1.87. The second-order valence-corrected chi connectivity index (χ2v) is 3.53. The molecule has 2 rings (SSSR count). The molecule has 0 amide bonds. The van der Waals surface area contributed by atoms with Gasteiger partial charge in [0.15, 0.2) is 0 Å². The maximum atomic E-state index is 12.5. The highest BCUT2D eigenvalue weighted by molar-refractivity contribution is 7.12. The molecule has 0 aliphatic carbocycles. The van der Waals surface area contributed by atoms with Crippen LogP contribution in [0, 0.1) is 5.82 Å². The van der Waals surface area contributed by atoms with Crippen molar-refractivity contribution in [2.75, 3.05) is 6.61 Å². The van der Waals surface area contributed by atoms with Crippen LogP contribution in [0.4, 0.5) is 4.39 Å². The molecule has 1 aliphatic heterocycles. The summed E-state index contributed by atoms with van der Waals surface area (Å²) < 4.78 is 22.3. The molecule has 0 bridgehead atoms. The Hall–Kier alpha value is -0.940. The van der Waals surface area contributed by atoms with Gasteiger partial charge in [0.2, 0.25) is 6.29 Å². The highest BCUT2D eigenvalue weighted by atomic mass is 32.1. The van der Waals surface area contributed by atoms with Crippen LogP contribution in [0.5, 0.6) is 0 Å². The van der Waals surface area contributed by atoms with Crippen molar-refractivity contribution in [1.82, 2.24) is 0 Å². The standard InChI is InChI=1S/C8H7FO3S/c9-5-3-6(13-4-5)8(10)12-7-1-2-11-7/h3-4,7H,1-2H2. The lowest BCUT2D eigenvalue weighted by atomic mass is 10.3. The Morgan fingerprint density at radius 1 is 1.77 bits per heavy atom. The van der Waals surface area contributed by atoms with Crippen LogP contribution in [0.15, 0.2) is 11.4 Å². The van der Waals surface area contributed by atoms with Crippen molar-refractivity contribution >= 4 is 17.3 Å². The third-order valence-corrected chi connectivity index (χ3v) is 2.55. The van der Waals surface area contributed by atoms with Gasteiger partial charge in [-0.2, -0.15) is 0 Å². The summed E-state index contributed by atoms with van der Waals surface area (Å²) >= 11 is 1.03. The second-order valence-electron chi connectivity index (χ2n) is 2.62. The third-order valence-electron chi connectivity index (χ3n) is 1.66. The minimum atomic E-state index is -0.515. The highest BCUT2D eigenvalue weighted by Crippen LogP contribution is 2.18. The summed E-state index contributed by atoms with van der Waals surface area (Å²) in [4.78, 5) is 11.5. The Morgan fingerprint density at radius 3 is 3.00 bits per heavy atom. The summed E-state index contributed by atoms with van der Waals surface area (Å²) in [5.74, 6) is -0.926. The van der Waals surface area contributed by atoms with E-state index in [9.17, 15) is 9.18 Å². The van der Waals surface area contributed by atoms with Crippen molar-refractivity contribution in [3.8, 4) is 0 Å². The van der Waals surface area contributed by atoms with Gasteiger partial charge in [0.05, 0.1) is 6.61 Å². The van der Waals surface area contributed by atoms with Crippen molar-refractivity contribution < 1.29 is 18.7 Å². The number of esters is 1. The molecule has 5 heteroatoms. The van der Waals surface area contributed by atoms with Gasteiger partial charge in [0.25, 0.3) is 0 Å². The van der Waals surface area contributed by atoms with E-state index in [-0.39, 0.29) is 4.88 Å². The number of rotatable bonds is 2. The van der Waals surface area contributed by atoms with Crippen molar-refractivity contribution in [3.63, 3.8) is 0 Å². The Bertz CT molecular complexity index is 319. The maximum absolute atomic E-state index is 12.5. The molecule has 70 valence electrons. The molecule has 13 heavy (non-hydrogen) atoms. The Labute approximate surface area is 78.1 Å². The molecule has 0 aromatic carbocycles. The minimum absolute atomic E-state index is 0.271. The van der Waals surface area contributed by atoms with Gasteiger partial charge in [-0.25, -0.2) is 9.18 Å². The molecule has 0 saturated carbocycles. The highest BCUT2D eigenvalue weighted by Gasteiger charge is 2.23. The summed E-state index contributed by atoms with van der Waals surface area (Å²) in [6.07, 6.45) is 0.289. The molecule has 2 heterocycles. The van der Waals surface area contributed by atoms with Crippen LogP contribution >= 0.6 is 11.3 Å². The van der Waals surface area contributed by atoms with E-state index in [1.54, 1.807) is 0 Å². The van der Waals surface area contributed by atoms with E-state index >= 15 is 0 Å². The van der Waals surface area contributed by atoms with Crippen LogP contribution in [0.25, 0.3) is 0 Å². The van der Waals surface area contributed by atoms with E-state index < -0.39 is 18.1 Å². The van der Waals surface area contributed by atoms with E-state index in [0.29, 0.717) is 6.61 Å². The van der Waals surface area contributed by atoms with Gasteiger partial charge in [-0.3, -0.25) is 0 Å². The van der Waals surface area contributed by atoms with E-state index in [1.165, 1.54) is 5.38 Å². The topological polar surface area (TPSA) is 35.5 Å². The lowest BCUT2D eigenvalue weighted by molar-refractivity contribution is -0.184. The molecule has 1 fully saturated rings. The fourth-order valence-corrected chi connectivity index (χ4v) is 1.54. The minimum Gasteiger partial charge on any atom is -0.431 e. The number of halogens is 1. The van der Waals surface area contributed by atoms with Crippen molar-refractivity contribution in [2.45, 2.75) is 12.7 Å². The summed E-state index contributed by atoms with van der Waals surface area (Å²) in [5, 5.41) is 1.26. The molecule has 1 atom stereocenters. The van der Waals surface area contributed by atoms with Crippen LogP contribution in [0.1, 0.15) is 16.1 Å². The number of ether oxygens (including phenoxy) is 2. The monoisotopic (exact) mass is 202 g/mol. The summed E-state index contributed by atoms with van der Waals surface area (Å²) in [5.41, 5.74) is 0. The zero-order valence-corrected chi connectivity index (χ0v) is 7.47. The maximum Gasteiger partial charge on any atom is 0.350 e. The molecular formula is C8H7FO3S. The predicted octanol–water partition coefficient (Wildman–Crippen LogP) is 1.79. The van der Waals surface area contributed by atoms with Gasteiger partial charge in [0, 0.05) is 11.8 Å². The lowest BCUT2D eigenvalue weighted by Crippen LogP contribution is -2.31. The van der Waals surface area contributed by atoms with Gasteiger partial charge < -0.3 is 9.47 Å². The number of thiophene rings is 1. The summed E-state index contributed by atoms with van der Waals surface area (Å²) in [6, 6.07) is 1.16. The summed E-state index contributed by atoms with van der Waals surface area (Å²) in [7, 11) is 0. The fourth-order valence-electron chi connectivity index (χ4n) is 0.905. The molecule has 0 N–H and O–H groups in total. The van der Waals surface area contributed by atoms with Gasteiger partial charge in [-0.05, 0) is 6.07 Å². The molecule has 0 spiro atoms. The first kappa shape index (κ1) is 8.65. The number of carbonyl (C=O) groups excluding carboxylic acids is 1. The van der Waals surface area contributed by atoms with Crippen molar-refractivity contribution in [2.24, 2.45) is 0 Å². The van der Waals surface area contributed by atoms with Crippen molar-refractivity contribution in [3.05, 3.63) is 22.1 Å². The lowest BCUT2D eigenvalue weighted by Gasteiger charge is -2.25. The van der Waals surface area contributed by atoms with Gasteiger partial charge in [0.1, 0.15) is 10.7 Å². The van der Waals surface area contributed by atoms with Crippen LogP contribution in [-0.2, 0) is 9.47 Å². The molecule has 0 radical (unpaired) electrons. The predicted molar refractivity (Wildman–Crippen MR) is 44.0 cm³/mol. The average molecular weight is 202 g/mol. The second kappa shape index (κ2) is 3.43. The Kier molecular flexibility index (Phi) is 2.28. The Morgan fingerprint density at radius 2 is 2.54 bits per heavy atom. The molecule has 1 unspecified atom stereocenters. The normalized spacial score (nSPS) is 20.8. The molecule has 1 saturated heterocycles. The molecule has 1 aliphatic rings. The first-order valence-corrected chi connectivity index (χ1v) is 4.70. The molecule has 1 aromatic rings. The van der Waals surface area contributed by atoms with E-state index in [1.807, 2.05) is 0 Å². The molecule has 1 aromatic heterocycles.